The summed E-state index contributed by atoms with van der Waals surface area (Å²) < 4.78 is 7.48. The summed E-state index contributed by atoms with van der Waals surface area (Å²) in [6, 6.07) is 20.1. The molecule has 0 fully saturated rings. The molecule has 9 nitrogen and oxygen atoms in total. The smallest absolute Gasteiger partial charge is 0.336 e. The summed E-state index contributed by atoms with van der Waals surface area (Å²) in [6.45, 7) is -0.300. The molecule has 1 aromatic heterocycles. The van der Waals surface area contributed by atoms with Crippen molar-refractivity contribution in [1.29, 1.82) is 0 Å². The van der Waals surface area contributed by atoms with Crippen LogP contribution in [-0.4, -0.2) is 35.1 Å². The van der Waals surface area contributed by atoms with Crippen LogP contribution in [0.3, 0.4) is 0 Å². The van der Waals surface area contributed by atoms with E-state index in [0.29, 0.717) is 28.0 Å². The van der Waals surface area contributed by atoms with Gasteiger partial charge in [0.05, 0.1) is 30.1 Å². The highest BCUT2D eigenvalue weighted by Crippen LogP contribution is 2.17. The Morgan fingerprint density at radius 3 is 2.37 bits per heavy atom. The highest BCUT2D eigenvalue weighted by molar-refractivity contribution is 5.92. The number of likely N-dealkylation sites (N-methyl/N-ethyl adjacent to an activating group) is 1. The van der Waals surface area contributed by atoms with Gasteiger partial charge < -0.3 is 15.4 Å². The zero-order valence-corrected chi connectivity index (χ0v) is 19.3. The van der Waals surface area contributed by atoms with Gasteiger partial charge in [-0.1, -0.05) is 30.3 Å². The van der Waals surface area contributed by atoms with Crippen LogP contribution in [0, 0.1) is 0 Å². The minimum atomic E-state index is -0.645. The number of carbonyl (C=O) groups excluding carboxylic acids is 2. The topological polar surface area (TPSA) is 111 Å². The van der Waals surface area contributed by atoms with E-state index in [2.05, 4.69) is 10.6 Å². The lowest BCUT2D eigenvalue weighted by atomic mass is 10.1. The number of fused-ring (bicyclic) bond motifs is 1. The molecule has 3 aromatic carbocycles. The van der Waals surface area contributed by atoms with Crippen molar-refractivity contribution < 1.29 is 14.3 Å². The van der Waals surface area contributed by atoms with Crippen LogP contribution < -0.4 is 26.6 Å². The summed E-state index contributed by atoms with van der Waals surface area (Å²) in [6.07, 6.45) is 0.179. The predicted octanol–water partition coefficient (Wildman–Crippen LogP) is 2.09. The van der Waals surface area contributed by atoms with E-state index in [0.717, 1.165) is 10.1 Å². The van der Waals surface area contributed by atoms with Crippen LogP contribution in [0.2, 0.25) is 0 Å². The number of methoxy groups -OCH3 is 1. The molecule has 0 radical (unpaired) electrons. The molecule has 0 atom stereocenters. The van der Waals surface area contributed by atoms with Crippen molar-refractivity contribution in [2.75, 3.05) is 19.5 Å². The first-order valence-corrected chi connectivity index (χ1v) is 10.9. The molecular weight excluding hydrogens is 448 g/mol. The Bertz CT molecular complexity index is 1520. The van der Waals surface area contributed by atoms with E-state index >= 15 is 0 Å². The summed E-state index contributed by atoms with van der Waals surface area (Å²) in [5.74, 6) is 0.000452. The number of benzene rings is 3. The first-order chi connectivity index (χ1) is 16.9. The van der Waals surface area contributed by atoms with E-state index < -0.39 is 17.2 Å². The maximum absolute atomic E-state index is 13.5. The molecule has 4 rings (SSSR count). The Morgan fingerprint density at radius 1 is 0.914 bits per heavy atom. The fourth-order valence-corrected chi connectivity index (χ4v) is 3.78. The lowest BCUT2D eigenvalue weighted by Gasteiger charge is -2.15. The average Bonchev–Trinajstić information content (AvgIpc) is 2.87. The molecule has 0 aliphatic heterocycles. The Labute approximate surface area is 200 Å². The van der Waals surface area contributed by atoms with Crippen molar-refractivity contribution in [2.24, 2.45) is 0 Å². The van der Waals surface area contributed by atoms with Crippen molar-refractivity contribution in [3.05, 3.63) is 99.2 Å². The van der Waals surface area contributed by atoms with Gasteiger partial charge in [-0.2, -0.15) is 0 Å². The van der Waals surface area contributed by atoms with E-state index in [1.807, 2.05) is 0 Å². The van der Waals surface area contributed by atoms with Crippen LogP contribution in [0.25, 0.3) is 16.6 Å². The second kappa shape index (κ2) is 10.1. The molecule has 178 valence electrons. The number of nitrogens with zero attached hydrogens (tertiary/aromatic N) is 2. The van der Waals surface area contributed by atoms with E-state index in [9.17, 15) is 19.2 Å². The third kappa shape index (κ3) is 4.98. The Kier molecular flexibility index (Phi) is 6.77. The molecule has 1 heterocycles. The lowest BCUT2D eigenvalue weighted by Crippen LogP contribution is -2.40. The lowest BCUT2D eigenvalue weighted by molar-refractivity contribution is -0.120. The maximum Gasteiger partial charge on any atom is 0.336 e. The van der Waals surface area contributed by atoms with Crippen LogP contribution in [0.5, 0.6) is 5.75 Å². The molecule has 0 aliphatic rings. The Hall–Kier alpha value is -4.66. The molecule has 2 N–H and O–H groups in total. The van der Waals surface area contributed by atoms with Gasteiger partial charge in [0, 0.05) is 18.8 Å². The minimum absolute atomic E-state index is 0.148. The second-order valence-electron chi connectivity index (χ2n) is 7.82. The highest BCUT2D eigenvalue weighted by Gasteiger charge is 2.17. The number of nitrogens with one attached hydrogen (secondary N) is 2. The van der Waals surface area contributed by atoms with E-state index in [4.69, 9.17) is 4.74 Å². The summed E-state index contributed by atoms with van der Waals surface area (Å²) in [5.41, 5.74) is 0.818. The molecular formula is C26H24N4O5. The third-order valence-corrected chi connectivity index (χ3v) is 5.54. The minimum Gasteiger partial charge on any atom is -0.497 e. The zero-order valence-electron chi connectivity index (χ0n) is 19.3. The van der Waals surface area contributed by atoms with E-state index in [1.54, 1.807) is 79.8 Å². The molecule has 0 saturated carbocycles. The van der Waals surface area contributed by atoms with Gasteiger partial charge >= 0.3 is 5.69 Å². The first-order valence-electron chi connectivity index (χ1n) is 10.9. The first kappa shape index (κ1) is 23.5. The number of para-hydroxylation sites is 1. The quantitative estimate of drug-likeness (QED) is 0.428. The Morgan fingerprint density at radius 2 is 1.66 bits per heavy atom. The Balaban J connectivity index is 1.74. The van der Waals surface area contributed by atoms with Gasteiger partial charge in [0.1, 0.15) is 12.3 Å². The van der Waals surface area contributed by atoms with Gasteiger partial charge in [-0.3, -0.25) is 19.0 Å². The second-order valence-corrected chi connectivity index (χ2v) is 7.82. The van der Waals surface area contributed by atoms with E-state index in [-0.39, 0.29) is 18.9 Å². The molecule has 2 amide bonds. The predicted molar refractivity (Wildman–Crippen MR) is 133 cm³/mol. The number of hydrogen-bond donors (Lipinski definition) is 2. The van der Waals surface area contributed by atoms with Gasteiger partial charge in [-0.05, 0) is 42.0 Å². The summed E-state index contributed by atoms with van der Waals surface area (Å²) >= 11 is 0. The summed E-state index contributed by atoms with van der Waals surface area (Å²) in [5, 5.41) is 5.61. The molecule has 0 aliphatic carbocycles. The van der Waals surface area contributed by atoms with Gasteiger partial charge in [0.15, 0.2) is 0 Å². The fourth-order valence-electron chi connectivity index (χ4n) is 3.78. The molecule has 0 bridgehead atoms. The van der Waals surface area contributed by atoms with Crippen LogP contribution >= 0.6 is 0 Å². The summed E-state index contributed by atoms with van der Waals surface area (Å²) in [7, 11) is 3.08. The van der Waals surface area contributed by atoms with Gasteiger partial charge in [0.2, 0.25) is 11.8 Å². The van der Waals surface area contributed by atoms with Gasteiger partial charge in [-0.25, -0.2) is 9.36 Å². The molecule has 0 saturated heterocycles. The molecule has 0 unspecified atom stereocenters. The van der Waals surface area contributed by atoms with Crippen molar-refractivity contribution in [1.82, 2.24) is 14.5 Å². The fraction of sp³-hybridized carbons (Fsp3) is 0.154. The van der Waals surface area contributed by atoms with Crippen molar-refractivity contribution >= 4 is 28.4 Å². The zero-order chi connectivity index (χ0) is 24.9. The van der Waals surface area contributed by atoms with Crippen LogP contribution in [0.1, 0.15) is 5.56 Å². The number of hydrogen-bond acceptors (Lipinski definition) is 5. The molecule has 35 heavy (non-hydrogen) atoms. The SMILES string of the molecule is CNC(=O)Cc1ccc(-n2c(=O)c3ccccc3n(CC(=O)Nc3cccc(OC)c3)c2=O)cc1. The van der Waals surface area contributed by atoms with Crippen LogP contribution in [0.4, 0.5) is 5.69 Å². The summed E-state index contributed by atoms with van der Waals surface area (Å²) in [4.78, 5) is 51.2. The monoisotopic (exact) mass is 472 g/mol. The van der Waals surface area contributed by atoms with Crippen molar-refractivity contribution in [3.63, 3.8) is 0 Å². The number of ether oxygens (including phenoxy) is 1. The highest BCUT2D eigenvalue weighted by atomic mass is 16.5. The normalized spacial score (nSPS) is 10.7. The maximum atomic E-state index is 13.5. The largest absolute Gasteiger partial charge is 0.497 e. The third-order valence-electron chi connectivity index (χ3n) is 5.54. The number of amides is 2. The van der Waals surface area contributed by atoms with E-state index in [1.165, 1.54) is 11.7 Å². The average molecular weight is 473 g/mol. The van der Waals surface area contributed by atoms with Crippen molar-refractivity contribution in [2.45, 2.75) is 13.0 Å². The molecule has 4 aromatic rings. The number of carbonyl (C=O) groups is 2. The standard InChI is InChI=1S/C26H24N4O5/c1-27-23(31)14-17-10-12-19(13-11-17)30-25(33)21-8-3-4-9-22(21)29(26(30)34)16-24(32)28-18-6-5-7-20(15-18)35-2/h3-13,15H,14,16H2,1-2H3,(H,27,31)(H,28,32). The number of anilines is 1. The van der Waals surface area contributed by atoms with Gasteiger partial charge in [-0.15, -0.1) is 0 Å². The molecule has 9 heteroatoms. The van der Waals surface area contributed by atoms with Crippen LogP contribution in [-0.2, 0) is 22.6 Å². The van der Waals surface area contributed by atoms with Crippen molar-refractivity contribution in [3.8, 4) is 11.4 Å². The van der Waals surface area contributed by atoms with Gasteiger partial charge in [0.25, 0.3) is 5.56 Å². The number of rotatable bonds is 7. The molecule has 0 spiro atoms. The van der Waals surface area contributed by atoms with Crippen LogP contribution in [0.15, 0.2) is 82.4 Å². The number of aromatic nitrogens is 2.